The maximum absolute atomic E-state index is 13.2. The van der Waals surface area contributed by atoms with Gasteiger partial charge in [0.05, 0.1) is 13.2 Å². The molecule has 7 nitrogen and oxygen atoms in total. The van der Waals surface area contributed by atoms with Crippen LogP contribution in [0, 0.1) is 6.92 Å². The van der Waals surface area contributed by atoms with E-state index in [1.165, 1.54) is 7.11 Å². The van der Waals surface area contributed by atoms with E-state index in [9.17, 15) is 14.4 Å². The normalized spacial score (nSPS) is 15.3. The van der Waals surface area contributed by atoms with Crippen molar-refractivity contribution in [3.05, 3.63) is 70.9 Å². The van der Waals surface area contributed by atoms with Crippen LogP contribution in [0.4, 0.5) is 0 Å². The number of carbonyl (C=O) groups is 3. The van der Waals surface area contributed by atoms with E-state index >= 15 is 0 Å². The third kappa shape index (κ3) is 3.43. The van der Waals surface area contributed by atoms with E-state index < -0.39 is 5.97 Å². The smallest absolute Gasteiger partial charge is 0.325 e. The molecule has 0 spiro atoms. The van der Waals surface area contributed by atoms with E-state index in [1.807, 2.05) is 55.5 Å². The molecule has 3 aromatic rings. The third-order valence-corrected chi connectivity index (χ3v) is 5.51. The number of H-pyrrole nitrogens is 1. The van der Waals surface area contributed by atoms with Gasteiger partial charge in [0.2, 0.25) is 5.91 Å². The van der Waals surface area contributed by atoms with Crippen molar-refractivity contribution in [1.29, 1.82) is 0 Å². The van der Waals surface area contributed by atoms with Crippen molar-refractivity contribution < 1.29 is 19.1 Å². The van der Waals surface area contributed by atoms with Gasteiger partial charge in [-0.25, -0.2) is 0 Å². The first kappa shape index (κ1) is 19.7. The second kappa shape index (κ2) is 8.02. The first-order valence-corrected chi connectivity index (χ1v) is 9.82. The van der Waals surface area contributed by atoms with Gasteiger partial charge in [-0.05, 0) is 24.6 Å². The SMILES string of the molecule is COC(=O)CNC(=O)CCN1C(=O)c2ccccc2C1c1c(C)[nH]c2ccccc12. The Hall–Kier alpha value is -3.61. The maximum Gasteiger partial charge on any atom is 0.325 e. The molecule has 2 heterocycles. The molecule has 0 saturated carbocycles. The Bertz CT molecular complexity index is 1130. The average molecular weight is 405 g/mol. The van der Waals surface area contributed by atoms with Gasteiger partial charge in [0, 0.05) is 40.7 Å². The number of rotatable bonds is 6. The van der Waals surface area contributed by atoms with Crippen molar-refractivity contribution in [2.24, 2.45) is 0 Å². The summed E-state index contributed by atoms with van der Waals surface area (Å²) in [5.41, 5.74) is 4.63. The van der Waals surface area contributed by atoms with Gasteiger partial charge in [-0.15, -0.1) is 0 Å². The summed E-state index contributed by atoms with van der Waals surface area (Å²) in [5, 5.41) is 3.59. The highest BCUT2D eigenvalue weighted by molar-refractivity contribution is 6.01. The molecule has 0 radical (unpaired) electrons. The quantitative estimate of drug-likeness (QED) is 0.617. The predicted molar refractivity (Wildman–Crippen MR) is 112 cm³/mol. The van der Waals surface area contributed by atoms with Gasteiger partial charge in [0.1, 0.15) is 6.54 Å². The molecule has 7 heteroatoms. The number of benzene rings is 2. The van der Waals surface area contributed by atoms with Crippen molar-refractivity contribution in [2.45, 2.75) is 19.4 Å². The van der Waals surface area contributed by atoms with Crippen molar-refractivity contribution in [3.8, 4) is 0 Å². The maximum atomic E-state index is 13.2. The van der Waals surface area contributed by atoms with E-state index in [1.54, 1.807) is 4.90 Å². The van der Waals surface area contributed by atoms with Gasteiger partial charge in [0.15, 0.2) is 0 Å². The number of fused-ring (bicyclic) bond motifs is 2. The zero-order valence-corrected chi connectivity index (χ0v) is 16.9. The molecule has 4 rings (SSSR count). The fourth-order valence-corrected chi connectivity index (χ4v) is 4.12. The summed E-state index contributed by atoms with van der Waals surface area (Å²) in [6.07, 6.45) is 0.0919. The molecule has 0 aliphatic carbocycles. The minimum Gasteiger partial charge on any atom is -0.468 e. The van der Waals surface area contributed by atoms with Gasteiger partial charge >= 0.3 is 5.97 Å². The highest BCUT2D eigenvalue weighted by Gasteiger charge is 2.39. The van der Waals surface area contributed by atoms with Crippen molar-refractivity contribution in [3.63, 3.8) is 0 Å². The third-order valence-electron chi connectivity index (χ3n) is 5.51. The molecule has 2 aromatic carbocycles. The lowest BCUT2D eigenvalue weighted by Gasteiger charge is -2.26. The highest BCUT2D eigenvalue weighted by Crippen LogP contribution is 2.42. The van der Waals surface area contributed by atoms with Crippen LogP contribution in [-0.4, -0.2) is 47.9 Å². The average Bonchev–Trinajstić information content (AvgIpc) is 3.23. The largest absolute Gasteiger partial charge is 0.468 e. The Kier molecular flexibility index (Phi) is 5.27. The molecular weight excluding hydrogens is 382 g/mol. The molecule has 1 atom stereocenters. The molecule has 0 bridgehead atoms. The van der Waals surface area contributed by atoms with E-state index in [2.05, 4.69) is 15.0 Å². The van der Waals surface area contributed by atoms with Crippen LogP contribution >= 0.6 is 0 Å². The summed E-state index contributed by atoms with van der Waals surface area (Å²) in [4.78, 5) is 41.8. The molecule has 0 fully saturated rings. The molecule has 2 amide bonds. The second-order valence-corrected chi connectivity index (χ2v) is 7.30. The van der Waals surface area contributed by atoms with Crippen LogP contribution in [0.25, 0.3) is 10.9 Å². The lowest BCUT2D eigenvalue weighted by Crippen LogP contribution is -2.35. The van der Waals surface area contributed by atoms with E-state index in [0.29, 0.717) is 5.56 Å². The Morgan fingerprint density at radius 3 is 2.67 bits per heavy atom. The first-order valence-electron chi connectivity index (χ1n) is 9.82. The molecule has 1 unspecified atom stereocenters. The molecule has 0 saturated heterocycles. The number of aryl methyl sites for hydroxylation is 1. The van der Waals surface area contributed by atoms with Crippen LogP contribution in [-0.2, 0) is 14.3 Å². The summed E-state index contributed by atoms with van der Waals surface area (Å²) in [6, 6.07) is 15.3. The molecule has 1 aliphatic rings. The van der Waals surface area contributed by atoms with E-state index in [-0.39, 0.29) is 37.4 Å². The number of amides is 2. The number of esters is 1. The van der Waals surface area contributed by atoms with Crippen LogP contribution in [0.3, 0.4) is 0 Å². The van der Waals surface area contributed by atoms with Gasteiger partial charge < -0.3 is 19.9 Å². The van der Waals surface area contributed by atoms with Crippen molar-refractivity contribution in [1.82, 2.24) is 15.2 Å². The van der Waals surface area contributed by atoms with Crippen LogP contribution in [0.2, 0.25) is 0 Å². The summed E-state index contributed by atoms with van der Waals surface area (Å²) < 4.78 is 4.54. The minimum atomic E-state index is -0.514. The van der Waals surface area contributed by atoms with E-state index in [4.69, 9.17) is 0 Å². The Morgan fingerprint density at radius 1 is 1.13 bits per heavy atom. The first-order chi connectivity index (χ1) is 14.5. The number of methoxy groups -OCH3 is 1. The fourth-order valence-electron chi connectivity index (χ4n) is 4.12. The Balaban J connectivity index is 1.66. The molecule has 154 valence electrons. The number of ether oxygens (including phenoxy) is 1. The van der Waals surface area contributed by atoms with E-state index in [0.717, 1.165) is 27.7 Å². The summed E-state index contributed by atoms with van der Waals surface area (Å²) in [5.74, 6) is -0.917. The molecule has 2 N–H and O–H groups in total. The fraction of sp³-hybridized carbons (Fsp3) is 0.261. The number of hydrogen-bond acceptors (Lipinski definition) is 4. The van der Waals surface area contributed by atoms with Crippen LogP contribution in [0.5, 0.6) is 0 Å². The number of nitrogens with zero attached hydrogens (tertiary/aromatic N) is 1. The number of para-hydroxylation sites is 1. The topological polar surface area (TPSA) is 91.5 Å². The summed E-state index contributed by atoms with van der Waals surface area (Å²) in [6.45, 7) is 2.06. The number of aromatic amines is 1. The number of hydrogen-bond donors (Lipinski definition) is 2. The molecule has 30 heavy (non-hydrogen) atoms. The Morgan fingerprint density at radius 2 is 1.87 bits per heavy atom. The predicted octanol–water partition coefficient (Wildman–Crippen LogP) is 2.70. The second-order valence-electron chi connectivity index (χ2n) is 7.30. The van der Waals surface area contributed by atoms with Crippen LogP contribution in [0.1, 0.15) is 39.6 Å². The van der Waals surface area contributed by atoms with Crippen molar-refractivity contribution >= 4 is 28.7 Å². The zero-order chi connectivity index (χ0) is 21.3. The summed E-state index contributed by atoms with van der Waals surface area (Å²) in [7, 11) is 1.27. The van der Waals surface area contributed by atoms with Crippen LogP contribution < -0.4 is 5.32 Å². The lowest BCUT2D eigenvalue weighted by molar-refractivity contribution is -0.141. The highest BCUT2D eigenvalue weighted by atomic mass is 16.5. The monoisotopic (exact) mass is 405 g/mol. The molecule has 1 aliphatic heterocycles. The Labute approximate surface area is 174 Å². The van der Waals surface area contributed by atoms with Gasteiger partial charge in [-0.3, -0.25) is 14.4 Å². The van der Waals surface area contributed by atoms with Gasteiger partial charge in [-0.1, -0.05) is 36.4 Å². The van der Waals surface area contributed by atoms with Gasteiger partial charge in [0.25, 0.3) is 5.91 Å². The lowest BCUT2D eigenvalue weighted by atomic mass is 9.95. The van der Waals surface area contributed by atoms with Crippen LogP contribution in [0.15, 0.2) is 48.5 Å². The minimum absolute atomic E-state index is 0.0919. The standard InChI is InChI=1S/C23H23N3O4/c1-14-21(17-9-5-6-10-18(17)25-14)22-15-7-3-4-8-16(15)23(29)26(22)12-11-19(27)24-13-20(28)30-2/h3-10,22,25H,11-13H2,1-2H3,(H,24,27). The number of carbonyl (C=O) groups excluding carboxylic acids is 3. The van der Waals surface area contributed by atoms with Gasteiger partial charge in [-0.2, -0.15) is 0 Å². The summed E-state index contributed by atoms with van der Waals surface area (Å²) >= 11 is 0. The number of nitrogens with one attached hydrogen (secondary N) is 2. The molecule has 1 aromatic heterocycles. The zero-order valence-electron chi connectivity index (χ0n) is 16.9. The number of aromatic nitrogens is 1. The van der Waals surface area contributed by atoms with Crippen molar-refractivity contribution in [2.75, 3.05) is 20.2 Å². The molecular formula is C23H23N3O4.